The van der Waals surface area contributed by atoms with E-state index in [0.717, 1.165) is 23.7 Å². The van der Waals surface area contributed by atoms with Gasteiger partial charge in [-0.15, -0.1) is 21.5 Å². The maximum Gasteiger partial charge on any atom is 0.313 e. The molecular weight excluding hydrogens is 306 g/mol. The number of aliphatic carboxylic acids is 1. The van der Waals surface area contributed by atoms with Gasteiger partial charge >= 0.3 is 5.97 Å². The summed E-state index contributed by atoms with van der Waals surface area (Å²) < 4.78 is 2.04. The van der Waals surface area contributed by atoms with Crippen molar-refractivity contribution in [3.05, 3.63) is 17.5 Å². The molecule has 0 fully saturated rings. The second-order valence-electron chi connectivity index (χ2n) is 5.57. The molecule has 0 amide bonds. The van der Waals surface area contributed by atoms with Crippen molar-refractivity contribution < 1.29 is 9.90 Å². The first-order valence-corrected chi connectivity index (χ1v) is 8.61. The third-order valence-corrected chi connectivity index (χ3v) is 5.14. The lowest BCUT2D eigenvalue weighted by Gasteiger charge is -2.24. The predicted molar refractivity (Wildman–Crippen MR) is 85.8 cm³/mol. The number of thioether (sulfide) groups is 1. The lowest BCUT2D eigenvalue weighted by molar-refractivity contribution is -0.133. The van der Waals surface area contributed by atoms with E-state index in [-0.39, 0.29) is 11.2 Å². The van der Waals surface area contributed by atoms with Gasteiger partial charge in [0.2, 0.25) is 0 Å². The van der Waals surface area contributed by atoms with Gasteiger partial charge in [-0.05, 0) is 23.3 Å². The summed E-state index contributed by atoms with van der Waals surface area (Å²) in [6.07, 6.45) is 1.03. The summed E-state index contributed by atoms with van der Waals surface area (Å²) in [5.74, 6) is -0.0313. The highest BCUT2D eigenvalue weighted by molar-refractivity contribution is 7.99. The van der Waals surface area contributed by atoms with Crippen LogP contribution in [0.4, 0.5) is 0 Å². The Morgan fingerprint density at radius 2 is 2.24 bits per heavy atom. The van der Waals surface area contributed by atoms with Gasteiger partial charge in [0, 0.05) is 6.54 Å². The average Bonchev–Trinajstić information content (AvgIpc) is 3.05. The number of hydrogen-bond donors (Lipinski definition) is 1. The summed E-state index contributed by atoms with van der Waals surface area (Å²) in [7, 11) is 0. The van der Waals surface area contributed by atoms with Crippen LogP contribution in [0.2, 0.25) is 0 Å². The third kappa shape index (κ3) is 4.07. The molecule has 0 aliphatic heterocycles. The van der Waals surface area contributed by atoms with Gasteiger partial charge in [0.15, 0.2) is 11.0 Å². The van der Waals surface area contributed by atoms with E-state index in [2.05, 4.69) is 31.0 Å². The van der Waals surface area contributed by atoms with Crippen LogP contribution in [0.5, 0.6) is 0 Å². The van der Waals surface area contributed by atoms with Crippen LogP contribution in [-0.2, 0) is 11.3 Å². The largest absolute Gasteiger partial charge is 0.481 e. The normalized spacial score (nSPS) is 11.8. The number of thiophene rings is 1. The van der Waals surface area contributed by atoms with Gasteiger partial charge in [-0.3, -0.25) is 4.79 Å². The molecule has 0 bridgehead atoms. The zero-order valence-electron chi connectivity index (χ0n) is 12.4. The summed E-state index contributed by atoms with van der Waals surface area (Å²) in [6.45, 7) is 7.30. The number of hydrogen-bond acceptors (Lipinski definition) is 5. The first-order chi connectivity index (χ1) is 9.93. The van der Waals surface area contributed by atoms with Crippen molar-refractivity contribution in [1.29, 1.82) is 0 Å². The second kappa shape index (κ2) is 6.62. The number of carboxylic acid groups (broad SMARTS) is 1. The molecule has 0 aromatic carbocycles. The molecule has 0 unspecified atom stereocenters. The highest BCUT2D eigenvalue weighted by atomic mass is 32.2. The van der Waals surface area contributed by atoms with Crippen LogP contribution in [0.25, 0.3) is 10.7 Å². The highest BCUT2D eigenvalue weighted by Crippen LogP contribution is 2.31. The van der Waals surface area contributed by atoms with Gasteiger partial charge in [-0.25, -0.2) is 0 Å². The molecule has 0 atom stereocenters. The van der Waals surface area contributed by atoms with Crippen molar-refractivity contribution in [1.82, 2.24) is 14.8 Å². The molecule has 2 rings (SSSR count). The Labute approximate surface area is 132 Å². The van der Waals surface area contributed by atoms with Gasteiger partial charge in [-0.2, -0.15) is 0 Å². The molecule has 2 aromatic rings. The molecule has 1 N–H and O–H groups in total. The number of aromatic nitrogens is 3. The quantitative estimate of drug-likeness (QED) is 0.788. The van der Waals surface area contributed by atoms with Crippen molar-refractivity contribution in [3.8, 4) is 10.7 Å². The molecule has 5 nitrogen and oxygen atoms in total. The van der Waals surface area contributed by atoms with Crippen molar-refractivity contribution in [2.24, 2.45) is 5.41 Å². The highest BCUT2D eigenvalue weighted by Gasteiger charge is 2.23. The minimum absolute atomic E-state index is 0.00483. The van der Waals surface area contributed by atoms with E-state index in [4.69, 9.17) is 5.11 Å². The molecule has 0 aliphatic carbocycles. The van der Waals surface area contributed by atoms with E-state index >= 15 is 0 Å². The maximum absolute atomic E-state index is 10.8. The van der Waals surface area contributed by atoms with Crippen LogP contribution in [0, 0.1) is 5.41 Å². The molecule has 0 saturated carbocycles. The Bertz CT molecular complexity index is 606. The molecule has 2 heterocycles. The lowest BCUT2D eigenvalue weighted by Crippen LogP contribution is -2.20. The number of carboxylic acids is 1. The smallest absolute Gasteiger partial charge is 0.313 e. The van der Waals surface area contributed by atoms with Crippen LogP contribution in [-0.4, -0.2) is 31.6 Å². The minimum atomic E-state index is -0.845. The van der Waals surface area contributed by atoms with Gasteiger partial charge in [0.1, 0.15) is 0 Å². The molecule has 114 valence electrons. The first kappa shape index (κ1) is 16.0. The lowest BCUT2D eigenvalue weighted by atomic mass is 9.90. The van der Waals surface area contributed by atoms with Crippen molar-refractivity contribution in [2.75, 3.05) is 5.75 Å². The van der Waals surface area contributed by atoms with E-state index in [1.54, 1.807) is 11.3 Å². The predicted octanol–water partition coefficient (Wildman–Crippen LogP) is 3.62. The number of carbonyl (C=O) groups is 1. The Morgan fingerprint density at radius 3 is 2.81 bits per heavy atom. The molecule has 0 aliphatic rings. The fourth-order valence-electron chi connectivity index (χ4n) is 1.79. The molecule has 2 aromatic heterocycles. The minimum Gasteiger partial charge on any atom is -0.481 e. The summed E-state index contributed by atoms with van der Waals surface area (Å²) in [5.41, 5.74) is 0.104. The number of nitrogens with zero attached hydrogens (tertiary/aromatic N) is 3. The van der Waals surface area contributed by atoms with Crippen LogP contribution in [0.3, 0.4) is 0 Å². The van der Waals surface area contributed by atoms with Gasteiger partial charge in [0.25, 0.3) is 0 Å². The standard InChI is InChI=1S/C14H19N3O2S2/c1-4-14(2,3)9-17-12(10-6-5-7-20-10)15-16-13(17)21-8-11(18)19/h5-7H,4,8-9H2,1-3H3,(H,18,19). The Hall–Kier alpha value is -1.34. The molecule has 21 heavy (non-hydrogen) atoms. The van der Waals surface area contributed by atoms with Crippen LogP contribution in [0.15, 0.2) is 22.7 Å². The SMILES string of the molecule is CCC(C)(C)Cn1c(SCC(=O)O)nnc1-c1cccs1. The first-order valence-electron chi connectivity index (χ1n) is 6.74. The van der Waals surface area contributed by atoms with Gasteiger partial charge in [-0.1, -0.05) is 38.6 Å². The Balaban J connectivity index is 2.35. The summed E-state index contributed by atoms with van der Waals surface area (Å²) >= 11 is 2.83. The summed E-state index contributed by atoms with van der Waals surface area (Å²) in [4.78, 5) is 11.8. The maximum atomic E-state index is 10.8. The topological polar surface area (TPSA) is 68.0 Å². The van der Waals surface area contributed by atoms with E-state index in [0.29, 0.717) is 5.16 Å². The van der Waals surface area contributed by atoms with E-state index in [1.807, 2.05) is 22.1 Å². The van der Waals surface area contributed by atoms with E-state index < -0.39 is 5.97 Å². The Kier molecular flexibility index (Phi) is 5.05. The van der Waals surface area contributed by atoms with Crippen LogP contribution >= 0.6 is 23.1 Å². The molecule has 7 heteroatoms. The summed E-state index contributed by atoms with van der Waals surface area (Å²) in [5, 5.41) is 20.0. The Morgan fingerprint density at radius 1 is 1.48 bits per heavy atom. The third-order valence-electron chi connectivity index (χ3n) is 3.33. The number of rotatable bonds is 7. The van der Waals surface area contributed by atoms with Crippen LogP contribution in [0.1, 0.15) is 27.2 Å². The van der Waals surface area contributed by atoms with Gasteiger partial charge in [0.05, 0.1) is 10.6 Å². The van der Waals surface area contributed by atoms with Crippen LogP contribution < -0.4 is 0 Å². The fraction of sp³-hybridized carbons (Fsp3) is 0.500. The van der Waals surface area contributed by atoms with E-state index in [9.17, 15) is 4.79 Å². The van der Waals surface area contributed by atoms with Crippen molar-refractivity contribution in [2.45, 2.75) is 38.9 Å². The average molecular weight is 325 g/mol. The van der Waals surface area contributed by atoms with Crippen molar-refractivity contribution in [3.63, 3.8) is 0 Å². The van der Waals surface area contributed by atoms with Crippen molar-refractivity contribution >= 4 is 29.1 Å². The van der Waals surface area contributed by atoms with Gasteiger partial charge < -0.3 is 9.67 Å². The zero-order valence-corrected chi connectivity index (χ0v) is 14.0. The monoisotopic (exact) mass is 325 g/mol. The zero-order chi connectivity index (χ0) is 15.5. The molecule has 0 saturated heterocycles. The molecule has 0 spiro atoms. The summed E-state index contributed by atoms with van der Waals surface area (Å²) in [6, 6.07) is 3.99. The fourth-order valence-corrected chi connectivity index (χ4v) is 3.17. The van der Waals surface area contributed by atoms with E-state index in [1.165, 1.54) is 11.8 Å². The molecule has 0 radical (unpaired) electrons. The second-order valence-corrected chi connectivity index (χ2v) is 7.46. The molecular formula is C14H19N3O2S2.